The van der Waals surface area contributed by atoms with Crippen molar-refractivity contribution in [1.82, 2.24) is 9.21 Å². The van der Waals surface area contributed by atoms with Gasteiger partial charge in [0.1, 0.15) is 24.5 Å². The number of allylic oxidation sites excluding steroid dienone is 2. The molecule has 2 aliphatic rings. The van der Waals surface area contributed by atoms with Gasteiger partial charge in [-0.15, -0.1) is 0 Å². The standard InChI is InChI=1S/C33H35BN4/c1-4-33(5-2)26(23-35-19-10-8-17-30(35)34-18-9-11-20-38(33)34)24-36-21-22-37-29-16-7-6-14-27(29)28-15-12-13-25(3)31(28)32(36)37/h6-22,26H,4-5,23-24H2,1-3H3/q+2. The highest BCUT2D eigenvalue weighted by Crippen LogP contribution is 2.37. The Morgan fingerprint density at radius 1 is 0.921 bits per heavy atom. The molecule has 0 saturated heterocycles. The van der Waals surface area contributed by atoms with Crippen molar-refractivity contribution in [2.24, 2.45) is 5.92 Å². The van der Waals surface area contributed by atoms with Crippen molar-refractivity contribution in [3.8, 4) is 0 Å². The van der Waals surface area contributed by atoms with Crippen LogP contribution in [0.4, 0.5) is 0 Å². The van der Waals surface area contributed by atoms with Gasteiger partial charge in [0, 0.05) is 22.4 Å². The Hall–Kier alpha value is -3.86. The van der Waals surface area contributed by atoms with Gasteiger partial charge >= 0.3 is 6.85 Å². The van der Waals surface area contributed by atoms with Crippen LogP contribution < -0.4 is 14.7 Å². The SMILES string of the molecule is CCC1(CC)C(C[n+]2ccn3c4ccccc4c4cccc(C)c4c32)C[n+]2ccccc2B2C=CC=CN21. The second-order valence-corrected chi connectivity index (χ2v) is 11.0. The first-order valence-corrected chi connectivity index (χ1v) is 14.1. The predicted molar refractivity (Wildman–Crippen MR) is 156 cm³/mol. The van der Waals surface area contributed by atoms with E-state index in [1.807, 2.05) is 0 Å². The van der Waals surface area contributed by atoms with Crippen LogP contribution >= 0.6 is 0 Å². The molecule has 1 unspecified atom stereocenters. The summed E-state index contributed by atoms with van der Waals surface area (Å²) in [5, 5.41) is 4.00. The van der Waals surface area contributed by atoms with Crippen LogP contribution in [-0.4, -0.2) is 21.6 Å². The second-order valence-electron chi connectivity index (χ2n) is 11.0. The molecule has 0 bridgehead atoms. The smallest absolute Gasteiger partial charge is 0.396 e. The topological polar surface area (TPSA) is 15.4 Å². The van der Waals surface area contributed by atoms with Crippen molar-refractivity contribution in [3.63, 3.8) is 0 Å². The molecule has 0 saturated carbocycles. The van der Waals surface area contributed by atoms with E-state index < -0.39 is 0 Å². The van der Waals surface area contributed by atoms with E-state index in [1.165, 1.54) is 38.5 Å². The lowest BCUT2D eigenvalue weighted by Gasteiger charge is -2.47. The van der Waals surface area contributed by atoms with Crippen LogP contribution in [0, 0.1) is 12.8 Å². The van der Waals surface area contributed by atoms with Gasteiger partial charge in [-0.25, -0.2) is 9.13 Å². The van der Waals surface area contributed by atoms with Crippen molar-refractivity contribution in [3.05, 3.63) is 109 Å². The summed E-state index contributed by atoms with van der Waals surface area (Å²) in [6.07, 6.45) is 15.9. The maximum absolute atomic E-state index is 2.67. The molecule has 0 fully saturated rings. The Bertz CT molecular complexity index is 1740. The number of rotatable bonds is 4. The summed E-state index contributed by atoms with van der Waals surface area (Å²) in [6.45, 7) is 9.24. The highest BCUT2D eigenvalue weighted by atomic mass is 15.2. The molecule has 3 aromatic heterocycles. The van der Waals surface area contributed by atoms with Crippen LogP contribution in [-0.2, 0) is 13.1 Å². The normalized spacial score (nSPS) is 18.2. The summed E-state index contributed by atoms with van der Waals surface area (Å²) in [7, 11) is 0. The summed E-state index contributed by atoms with van der Waals surface area (Å²) in [5.41, 5.74) is 5.31. The number of nitrogens with zero attached hydrogens (tertiary/aromatic N) is 4. The van der Waals surface area contributed by atoms with Crippen LogP contribution in [0.25, 0.3) is 27.3 Å². The summed E-state index contributed by atoms with van der Waals surface area (Å²) >= 11 is 0. The monoisotopic (exact) mass is 498 g/mol. The number of pyridine rings is 2. The molecule has 5 aromatic rings. The van der Waals surface area contributed by atoms with E-state index in [1.54, 1.807) is 0 Å². The highest BCUT2D eigenvalue weighted by molar-refractivity contribution is 6.74. The van der Waals surface area contributed by atoms with E-state index in [-0.39, 0.29) is 12.4 Å². The molecular formula is C33H35BN4+2. The third kappa shape index (κ3) is 3.24. The number of aromatic nitrogens is 3. The minimum absolute atomic E-state index is 0.0426. The summed E-state index contributed by atoms with van der Waals surface area (Å²) in [5.74, 6) is 2.80. The molecule has 38 heavy (non-hydrogen) atoms. The van der Waals surface area contributed by atoms with Crippen molar-refractivity contribution >= 4 is 39.8 Å². The molecule has 5 heteroatoms. The van der Waals surface area contributed by atoms with Crippen molar-refractivity contribution in [2.45, 2.75) is 52.2 Å². The minimum atomic E-state index is 0.0426. The van der Waals surface area contributed by atoms with Gasteiger partial charge in [0.25, 0.3) is 5.65 Å². The van der Waals surface area contributed by atoms with E-state index in [0.29, 0.717) is 5.92 Å². The summed E-state index contributed by atoms with van der Waals surface area (Å²) < 4.78 is 7.46. The Morgan fingerprint density at radius 2 is 1.74 bits per heavy atom. The Morgan fingerprint density at radius 3 is 2.61 bits per heavy atom. The van der Waals surface area contributed by atoms with Gasteiger partial charge in [0.2, 0.25) is 0 Å². The lowest BCUT2D eigenvalue weighted by molar-refractivity contribution is -0.719. The Labute approximate surface area is 225 Å². The number of imidazole rings is 1. The van der Waals surface area contributed by atoms with Gasteiger partial charge in [0.15, 0.2) is 18.3 Å². The third-order valence-electron chi connectivity index (χ3n) is 9.41. The number of aryl methyl sites for hydroxylation is 1. The number of hydrogen-bond acceptors (Lipinski definition) is 1. The fraction of sp³-hybridized carbons (Fsp3) is 0.273. The quantitative estimate of drug-likeness (QED) is 0.190. The molecule has 1 atom stereocenters. The lowest BCUT2D eigenvalue weighted by atomic mass is 9.53. The van der Waals surface area contributed by atoms with Gasteiger partial charge in [-0.1, -0.05) is 68.4 Å². The fourth-order valence-electron chi connectivity index (χ4n) is 7.50. The van der Waals surface area contributed by atoms with Crippen molar-refractivity contribution < 1.29 is 9.13 Å². The molecule has 2 aliphatic heterocycles. The van der Waals surface area contributed by atoms with E-state index in [4.69, 9.17) is 0 Å². The number of benzene rings is 2. The van der Waals surface area contributed by atoms with Crippen LogP contribution in [0.3, 0.4) is 0 Å². The Balaban J connectivity index is 1.46. The highest BCUT2D eigenvalue weighted by Gasteiger charge is 2.51. The van der Waals surface area contributed by atoms with Gasteiger partial charge in [-0.05, 0) is 49.7 Å². The average molecular weight is 498 g/mol. The fourth-order valence-corrected chi connectivity index (χ4v) is 7.50. The van der Waals surface area contributed by atoms with Crippen LogP contribution in [0.2, 0.25) is 0 Å². The molecule has 4 nitrogen and oxygen atoms in total. The summed E-state index contributed by atoms with van der Waals surface area (Å²) in [4.78, 5) is 2.67. The zero-order chi connectivity index (χ0) is 25.9. The van der Waals surface area contributed by atoms with E-state index >= 15 is 0 Å². The zero-order valence-electron chi connectivity index (χ0n) is 22.6. The maximum atomic E-state index is 2.67. The average Bonchev–Trinajstić information content (AvgIpc) is 3.33. The number of hydrogen-bond donors (Lipinski definition) is 0. The second kappa shape index (κ2) is 8.87. The minimum Gasteiger partial charge on any atom is -0.402 e. The van der Waals surface area contributed by atoms with Crippen LogP contribution in [0.5, 0.6) is 0 Å². The maximum Gasteiger partial charge on any atom is 0.396 e. The van der Waals surface area contributed by atoms with Gasteiger partial charge in [-0.3, -0.25) is 0 Å². The zero-order valence-corrected chi connectivity index (χ0v) is 22.6. The molecule has 0 amide bonds. The van der Waals surface area contributed by atoms with Gasteiger partial charge in [0.05, 0.1) is 11.3 Å². The first-order chi connectivity index (χ1) is 18.7. The molecule has 5 heterocycles. The van der Waals surface area contributed by atoms with Gasteiger partial charge in [-0.2, -0.15) is 4.40 Å². The molecule has 0 radical (unpaired) electrons. The Kier molecular flexibility index (Phi) is 5.43. The molecule has 0 aliphatic carbocycles. The first kappa shape index (κ1) is 23.3. The van der Waals surface area contributed by atoms with Crippen molar-refractivity contribution in [1.29, 1.82) is 0 Å². The largest absolute Gasteiger partial charge is 0.402 e. The van der Waals surface area contributed by atoms with Crippen molar-refractivity contribution in [2.75, 3.05) is 0 Å². The first-order valence-electron chi connectivity index (χ1n) is 14.1. The van der Waals surface area contributed by atoms with Crippen LogP contribution in [0.15, 0.2) is 104 Å². The van der Waals surface area contributed by atoms with E-state index in [9.17, 15) is 0 Å². The molecule has 2 aromatic carbocycles. The third-order valence-corrected chi connectivity index (χ3v) is 9.41. The molecular weight excluding hydrogens is 463 g/mol. The number of para-hydroxylation sites is 1. The molecule has 7 rings (SSSR count). The molecule has 0 spiro atoms. The van der Waals surface area contributed by atoms with E-state index in [2.05, 4.69) is 143 Å². The van der Waals surface area contributed by atoms with Crippen LogP contribution in [0.1, 0.15) is 32.3 Å². The predicted octanol–water partition coefficient (Wildman–Crippen LogP) is 5.14. The molecule has 188 valence electrons. The number of fused-ring (bicyclic) bond motifs is 9. The van der Waals surface area contributed by atoms with Gasteiger partial charge < -0.3 is 4.81 Å². The molecule has 0 N–H and O–H groups in total. The van der Waals surface area contributed by atoms with E-state index in [0.717, 1.165) is 25.9 Å². The lowest BCUT2D eigenvalue weighted by Crippen LogP contribution is -2.62. The summed E-state index contributed by atoms with van der Waals surface area (Å²) in [6, 6.07) is 22.2.